The van der Waals surface area contributed by atoms with Crippen molar-refractivity contribution in [2.45, 2.75) is 46.1 Å². The minimum Gasteiger partial charge on any atom is -0.507 e. The van der Waals surface area contributed by atoms with Crippen molar-refractivity contribution in [2.24, 2.45) is 0 Å². The van der Waals surface area contributed by atoms with Crippen LogP contribution in [0, 0.1) is 6.92 Å². The van der Waals surface area contributed by atoms with Crippen LogP contribution in [0.5, 0.6) is 5.75 Å². The number of amides is 2. The zero-order valence-corrected chi connectivity index (χ0v) is 22.5. The Morgan fingerprint density at radius 2 is 1.61 bits per heavy atom. The normalized spacial score (nSPS) is 17.0. The first-order chi connectivity index (χ1) is 17.9. The second kappa shape index (κ2) is 10.2. The molecule has 4 rings (SSSR count). The standard InChI is InChI=1S/C31H32N2O5/c1-18-17-24(38-6)15-16-25(18)28(35)26-27(20-7-9-21(10-8-20)31(3,4)5)33(30(37)29(26)36)23-13-11-22(12-14-23)32-19(2)34/h7-17,27,35H,1-6H3,(H,32,34)/b28-26-. The minimum absolute atomic E-state index is 0.0118. The number of ether oxygens (including phenoxy) is 1. The molecule has 7 heteroatoms. The molecule has 1 atom stereocenters. The molecule has 0 bridgehead atoms. The SMILES string of the molecule is COc1ccc(/C(O)=C2/C(=O)C(=O)N(c3ccc(NC(C)=O)cc3)C2c2ccc(C(C)(C)C)cc2)c(C)c1. The molecule has 0 radical (unpaired) electrons. The number of hydrogen-bond acceptors (Lipinski definition) is 5. The van der Waals surface area contributed by atoms with E-state index in [4.69, 9.17) is 4.74 Å². The van der Waals surface area contributed by atoms with Gasteiger partial charge in [0.25, 0.3) is 11.7 Å². The zero-order chi connectivity index (χ0) is 27.8. The minimum atomic E-state index is -0.850. The smallest absolute Gasteiger partial charge is 0.300 e. The van der Waals surface area contributed by atoms with E-state index in [0.29, 0.717) is 33.8 Å². The Morgan fingerprint density at radius 3 is 2.13 bits per heavy atom. The Bertz CT molecular complexity index is 1430. The molecule has 38 heavy (non-hydrogen) atoms. The third-order valence-electron chi connectivity index (χ3n) is 6.69. The van der Waals surface area contributed by atoms with Crippen LogP contribution in [0.2, 0.25) is 0 Å². The van der Waals surface area contributed by atoms with Crippen LogP contribution in [0.1, 0.15) is 56.0 Å². The van der Waals surface area contributed by atoms with Gasteiger partial charge in [0, 0.05) is 23.9 Å². The predicted octanol–water partition coefficient (Wildman–Crippen LogP) is 5.89. The number of rotatable bonds is 5. The fourth-order valence-corrected chi connectivity index (χ4v) is 4.66. The first-order valence-corrected chi connectivity index (χ1v) is 12.4. The molecule has 0 aromatic heterocycles. The number of aliphatic hydroxyl groups is 1. The van der Waals surface area contributed by atoms with E-state index in [0.717, 1.165) is 5.56 Å². The van der Waals surface area contributed by atoms with Gasteiger partial charge in [-0.1, -0.05) is 45.0 Å². The molecule has 2 amide bonds. The third kappa shape index (κ3) is 5.05. The van der Waals surface area contributed by atoms with Gasteiger partial charge >= 0.3 is 0 Å². The highest BCUT2D eigenvalue weighted by Crippen LogP contribution is 2.43. The van der Waals surface area contributed by atoms with E-state index < -0.39 is 17.7 Å². The number of benzene rings is 3. The zero-order valence-electron chi connectivity index (χ0n) is 22.5. The van der Waals surface area contributed by atoms with Gasteiger partial charge < -0.3 is 15.2 Å². The predicted molar refractivity (Wildman–Crippen MR) is 148 cm³/mol. The average Bonchev–Trinajstić information content (AvgIpc) is 3.13. The van der Waals surface area contributed by atoms with E-state index in [9.17, 15) is 19.5 Å². The van der Waals surface area contributed by atoms with Crippen LogP contribution in [0.15, 0.2) is 72.3 Å². The van der Waals surface area contributed by atoms with Crippen molar-refractivity contribution in [1.82, 2.24) is 0 Å². The molecule has 7 nitrogen and oxygen atoms in total. The molecule has 1 saturated heterocycles. The molecule has 1 aliphatic rings. The van der Waals surface area contributed by atoms with Gasteiger partial charge in [-0.2, -0.15) is 0 Å². The maximum Gasteiger partial charge on any atom is 0.300 e. The van der Waals surface area contributed by atoms with Crippen LogP contribution in [-0.2, 0) is 19.8 Å². The van der Waals surface area contributed by atoms with Crippen LogP contribution in [0.25, 0.3) is 5.76 Å². The Kier molecular flexibility index (Phi) is 7.14. The quantitative estimate of drug-likeness (QED) is 0.253. The van der Waals surface area contributed by atoms with Gasteiger partial charge in [0.15, 0.2) is 0 Å². The van der Waals surface area contributed by atoms with Gasteiger partial charge in [-0.25, -0.2) is 0 Å². The van der Waals surface area contributed by atoms with Crippen molar-refractivity contribution < 1.29 is 24.2 Å². The van der Waals surface area contributed by atoms with Crippen LogP contribution in [-0.4, -0.2) is 29.8 Å². The number of hydrogen-bond donors (Lipinski definition) is 2. The number of Topliss-reactive ketones (excluding diaryl/α,β-unsaturated/α-hetero) is 1. The maximum absolute atomic E-state index is 13.5. The molecular formula is C31H32N2O5. The monoisotopic (exact) mass is 512 g/mol. The Hall–Kier alpha value is -4.39. The number of nitrogens with one attached hydrogen (secondary N) is 1. The molecule has 0 spiro atoms. The summed E-state index contributed by atoms with van der Waals surface area (Å²) >= 11 is 0. The summed E-state index contributed by atoms with van der Waals surface area (Å²) in [4.78, 5) is 39.8. The lowest BCUT2D eigenvalue weighted by Gasteiger charge is -2.27. The largest absolute Gasteiger partial charge is 0.507 e. The number of nitrogens with zero attached hydrogens (tertiary/aromatic N) is 1. The number of ketones is 1. The molecule has 3 aromatic carbocycles. The summed E-state index contributed by atoms with van der Waals surface area (Å²) in [7, 11) is 1.55. The van der Waals surface area contributed by atoms with Gasteiger partial charge in [-0.3, -0.25) is 19.3 Å². The topological polar surface area (TPSA) is 95.9 Å². The first kappa shape index (κ1) is 26.7. The third-order valence-corrected chi connectivity index (χ3v) is 6.69. The van der Waals surface area contributed by atoms with Gasteiger partial charge in [0.1, 0.15) is 11.5 Å². The average molecular weight is 513 g/mol. The molecule has 196 valence electrons. The van der Waals surface area contributed by atoms with Crippen molar-refractivity contribution in [3.05, 3.63) is 94.6 Å². The molecule has 1 heterocycles. The van der Waals surface area contributed by atoms with E-state index in [-0.39, 0.29) is 22.7 Å². The summed E-state index contributed by atoms with van der Waals surface area (Å²) in [6, 6.07) is 18.7. The first-order valence-electron chi connectivity index (χ1n) is 12.4. The summed E-state index contributed by atoms with van der Waals surface area (Å²) in [5.74, 6) is -1.35. The van der Waals surface area contributed by atoms with Crippen molar-refractivity contribution in [3.8, 4) is 5.75 Å². The summed E-state index contributed by atoms with van der Waals surface area (Å²) < 4.78 is 5.28. The highest BCUT2D eigenvalue weighted by atomic mass is 16.5. The molecule has 2 N–H and O–H groups in total. The number of aryl methyl sites for hydroxylation is 1. The van der Waals surface area contributed by atoms with E-state index in [1.165, 1.54) is 11.8 Å². The summed E-state index contributed by atoms with van der Waals surface area (Å²) in [5.41, 5.74) is 3.91. The van der Waals surface area contributed by atoms with Crippen molar-refractivity contribution in [3.63, 3.8) is 0 Å². The summed E-state index contributed by atoms with van der Waals surface area (Å²) in [6.45, 7) is 9.54. The Labute approximate surface area is 222 Å². The van der Waals surface area contributed by atoms with Crippen LogP contribution >= 0.6 is 0 Å². The summed E-state index contributed by atoms with van der Waals surface area (Å²) in [6.07, 6.45) is 0. The number of carbonyl (C=O) groups excluding carboxylic acids is 3. The van der Waals surface area contributed by atoms with Crippen LogP contribution in [0.4, 0.5) is 11.4 Å². The van der Waals surface area contributed by atoms with E-state index in [1.807, 2.05) is 31.2 Å². The van der Waals surface area contributed by atoms with Gasteiger partial charge in [0.2, 0.25) is 5.91 Å². The van der Waals surface area contributed by atoms with Crippen molar-refractivity contribution >= 4 is 34.7 Å². The molecule has 1 unspecified atom stereocenters. The van der Waals surface area contributed by atoms with Crippen LogP contribution in [0.3, 0.4) is 0 Å². The highest BCUT2D eigenvalue weighted by Gasteiger charge is 2.47. The fourth-order valence-electron chi connectivity index (χ4n) is 4.66. The molecule has 1 aliphatic heterocycles. The van der Waals surface area contributed by atoms with Gasteiger partial charge in [-0.05, 0) is 71.5 Å². The lowest BCUT2D eigenvalue weighted by atomic mass is 9.85. The highest BCUT2D eigenvalue weighted by molar-refractivity contribution is 6.51. The van der Waals surface area contributed by atoms with E-state index in [1.54, 1.807) is 49.6 Å². The Morgan fingerprint density at radius 1 is 0.974 bits per heavy atom. The van der Waals surface area contributed by atoms with Gasteiger partial charge in [-0.15, -0.1) is 0 Å². The number of aliphatic hydroxyl groups excluding tert-OH is 1. The van der Waals surface area contributed by atoms with E-state index >= 15 is 0 Å². The Balaban J connectivity index is 1.90. The molecule has 1 fully saturated rings. The van der Waals surface area contributed by atoms with Crippen LogP contribution < -0.4 is 15.0 Å². The van der Waals surface area contributed by atoms with E-state index in [2.05, 4.69) is 26.1 Å². The van der Waals surface area contributed by atoms with Gasteiger partial charge in [0.05, 0.1) is 18.7 Å². The van der Waals surface area contributed by atoms with Crippen molar-refractivity contribution in [1.29, 1.82) is 0 Å². The van der Waals surface area contributed by atoms with Crippen molar-refractivity contribution in [2.75, 3.05) is 17.3 Å². The maximum atomic E-state index is 13.5. The summed E-state index contributed by atoms with van der Waals surface area (Å²) in [5, 5.41) is 14.2. The number of carbonyl (C=O) groups is 3. The molecule has 0 aliphatic carbocycles. The lowest BCUT2D eigenvalue weighted by Crippen LogP contribution is -2.29. The molecule has 3 aromatic rings. The number of anilines is 2. The molecule has 0 saturated carbocycles. The lowest BCUT2D eigenvalue weighted by molar-refractivity contribution is -0.132. The number of methoxy groups -OCH3 is 1. The fraction of sp³-hybridized carbons (Fsp3) is 0.258. The second-order valence-corrected chi connectivity index (χ2v) is 10.5. The second-order valence-electron chi connectivity index (χ2n) is 10.5. The molecular weight excluding hydrogens is 480 g/mol.